The molecule has 1 atom stereocenters. The molecule has 1 saturated carbocycles. The smallest absolute Gasteiger partial charge is 0.338 e. The molecule has 0 heterocycles. The largest absolute Gasteiger partial charge is 0.449 e. The average molecular weight is 408 g/mol. The first-order chi connectivity index (χ1) is 14.1. The first kappa shape index (κ1) is 21.6. The number of nitrogens with one attached hydrogen (secondary N) is 2. The molecule has 6 heteroatoms. The number of hydrogen-bond acceptors (Lipinski definition) is 4. The summed E-state index contributed by atoms with van der Waals surface area (Å²) < 4.78 is 5.28. The fourth-order valence-electron chi connectivity index (χ4n) is 2.86. The fraction of sp³-hybridized carbons (Fsp3) is 0.375. The Balaban J connectivity index is 1.52. The van der Waals surface area contributed by atoms with Crippen LogP contribution in [0.3, 0.4) is 0 Å². The first-order valence-electron chi connectivity index (χ1n) is 10.2. The molecule has 30 heavy (non-hydrogen) atoms. The second-order valence-electron chi connectivity index (χ2n) is 8.71. The van der Waals surface area contributed by atoms with Gasteiger partial charge in [0, 0.05) is 17.3 Å². The van der Waals surface area contributed by atoms with Crippen molar-refractivity contribution in [3.63, 3.8) is 0 Å². The Kier molecular flexibility index (Phi) is 6.25. The van der Waals surface area contributed by atoms with E-state index in [1.54, 1.807) is 24.3 Å². The number of esters is 1. The summed E-state index contributed by atoms with van der Waals surface area (Å²) in [5.74, 6) is -0.884. The molecule has 2 amide bonds. The second-order valence-corrected chi connectivity index (χ2v) is 8.71. The first-order valence-corrected chi connectivity index (χ1v) is 10.2. The predicted octanol–water partition coefficient (Wildman–Crippen LogP) is 4.52. The molecule has 2 aromatic rings. The third-order valence-corrected chi connectivity index (χ3v) is 5.01. The third-order valence-electron chi connectivity index (χ3n) is 5.01. The fourth-order valence-corrected chi connectivity index (χ4v) is 2.86. The standard InChI is InChI=1S/C24H28N2O4/c1-15(21(27)25-20-13-9-18(10-14-20)24(2,3)4)30-23(29)17-7-11-19(12-8-17)26-22(28)16-5-6-16/h7-16H,5-6H2,1-4H3,(H,25,27)(H,26,28). The van der Waals surface area contributed by atoms with Crippen LogP contribution in [-0.4, -0.2) is 23.9 Å². The zero-order valence-corrected chi connectivity index (χ0v) is 17.8. The molecule has 2 aromatic carbocycles. The molecular weight excluding hydrogens is 380 g/mol. The lowest BCUT2D eigenvalue weighted by molar-refractivity contribution is -0.123. The van der Waals surface area contributed by atoms with Gasteiger partial charge in [-0.1, -0.05) is 32.9 Å². The van der Waals surface area contributed by atoms with Gasteiger partial charge in [-0.05, 0) is 67.1 Å². The summed E-state index contributed by atoms with van der Waals surface area (Å²) in [6.45, 7) is 7.89. The molecule has 158 valence electrons. The van der Waals surface area contributed by atoms with Crippen LogP contribution in [0.2, 0.25) is 0 Å². The second kappa shape index (κ2) is 8.69. The topological polar surface area (TPSA) is 84.5 Å². The van der Waals surface area contributed by atoms with E-state index in [0.29, 0.717) is 16.9 Å². The number of carbonyl (C=O) groups excluding carboxylic acids is 3. The molecule has 0 saturated heterocycles. The highest BCUT2D eigenvalue weighted by Crippen LogP contribution is 2.30. The van der Waals surface area contributed by atoms with Crippen LogP contribution in [0.4, 0.5) is 11.4 Å². The summed E-state index contributed by atoms with van der Waals surface area (Å²) in [6.07, 6.45) is 0.905. The predicted molar refractivity (Wildman–Crippen MR) is 116 cm³/mol. The van der Waals surface area contributed by atoms with Gasteiger partial charge in [0.05, 0.1) is 5.56 Å². The monoisotopic (exact) mass is 408 g/mol. The number of ether oxygens (including phenoxy) is 1. The maximum Gasteiger partial charge on any atom is 0.338 e. The Hall–Kier alpha value is -3.15. The Morgan fingerprint density at radius 2 is 1.43 bits per heavy atom. The molecular formula is C24H28N2O4. The van der Waals surface area contributed by atoms with E-state index in [-0.39, 0.29) is 17.2 Å². The van der Waals surface area contributed by atoms with Crippen molar-refractivity contribution in [3.05, 3.63) is 59.7 Å². The Morgan fingerprint density at radius 1 is 0.900 bits per heavy atom. The lowest BCUT2D eigenvalue weighted by Crippen LogP contribution is -2.30. The van der Waals surface area contributed by atoms with Gasteiger partial charge in [0.2, 0.25) is 5.91 Å². The number of carbonyl (C=O) groups is 3. The summed E-state index contributed by atoms with van der Waals surface area (Å²) in [5.41, 5.74) is 2.78. The SMILES string of the molecule is CC(OC(=O)c1ccc(NC(=O)C2CC2)cc1)C(=O)Nc1ccc(C(C)(C)C)cc1. The van der Waals surface area contributed by atoms with Crippen LogP contribution in [-0.2, 0) is 19.7 Å². The van der Waals surface area contributed by atoms with E-state index >= 15 is 0 Å². The van der Waals surface area contributed by atoms with Crippen molar-refractivity contribution in [2.75, 3.05) is 10.6 Å². The van der Waals surface area contributed by atoms with Crippen LogP contribution in [0.1, 0.15) is 56.5 Å². The van der Waals surface area contributed by atoms with Gasteiger partial charge in [0.25, 0.3) is 5.91 Å². The molecule has 1 aliphatic carbocycles. The minimum Gasteiger partial charge on any atom is -0.449 e. The zero-order chi connectivity index (χ0) is 21.9. The lowest BCUT2D eigenvalue weighted by atomic mass is 9.87. The number of amides is 2. The molecule has 1 fully saturated rings. The molecule has 1 unspecified atom stereocenters. The van der Waals surface area contributed by atoms with Crippen molar-refractivity contribution >= 4 is 29.2 Å². The van der Waals surface area contributed by atoms with E-state index in [1.807, 2.05) is 24.3 Å². The Morgan fingerprint density at radius 3 is 1.97 bits per heavy atom. The van der Waals surface area contributed by atoms with Crippen molar-refractivity contribution in [3.8, 4) is 0 Å². The van der Waals surface area contributed by atoms with Gasteiger partial charge in [-0.15, -0.1) is 0 Å². The van der Waals surface area contributed by atoms with Gasteiger partial charge in [-0.3, -0.25) is 9.59 Å². The van der Waals surface area contributed by atoms with Crippen LogP contribution in [0, 0.1) is 5.92 Å². The van der Waals surface area contributed by atoms with Gasteiger partial charge in [0.15, 0.2) is 6.10 Å². The van der Waals surface area contributed by atoms with E-state index in [1.165, 1.54) is 6.92 Å². The minimum absolute atomic E-state index is 0.00570. The van der Waals surface area contributed by atoms with Crippen molar-refractivity contribution in [1.82, 2.24) is 0 Å². The number of benzene rings is 2. The van der Waals surface area contributed by atoms with Gasteiger partial charge in [-0.25, -0.2) is 4.79 Å². The molecule has 6 nitrogen and oxygen atoms in total. The van der Waals surface area contributed by atoms with Gasteiger partial charge in [0.1, 0.15) is 0 Å². The number of hydrogen-bond donors (Lipinski definition) is 2. The molecule has 0 radical (unpaired) electrons. The van der Waals surface area contributed by atoms with E-state index in [4.69, 9.17) is 4.74 Å². The number of rotatable bonds is 6. The quantitative estimate of drug-likeness (QED) is 0.689. The van der Waals surface area contributed by atoms with Gasteiger partial charge in [-0.2, -0.15) is 0 Å². The highest BCUT2D eigenvalue weighted by molar-refractivity contribution is 5.98. The van der Waals surface area contributed by atoms with Crippen molar-refractivity contribution < 1.29 is 19.1 Å². The highest BCUT2D eigenvalue weighted by Gasteiger charge is 2.29. The summed E-state index contributed by atoms with van der Waals surface area (Å²) in [5, 5.41) is 5.57. The molecule has 2 N–H and O–H groups in total. The molecule has 3 rings (SSSR count). The van der Waals surface area contributed by atoms with Gasteiger partial charge < -0.3 is 15.4 Å². The summed E-state index contributed by atoms with van der Waals surface area (Å²) in [7, 11) is 0. The summed E-state index contributed by atoms with van der Waals surface area (Å²) in [4.78, 5) is 36.5. The van der Waals surface area contributed by atoms with Crippen LogP contribution in [0.15, 0.2) is 48.5 Å². The van der Waals surface area contributed by atoms with Crippen LogP contribution in [0.25, 0.3) is 0 Å². The Labute approximate surface area is 177 Å². The molecule has 0 spiro atoms. The normalized spacial score (nSPS) is 14.5. The Bertz CT molecular complexity index is 923. The van der Waals surface area contributed by atoms with E-state index < -0.39 is 18.0 Å². The highest BCUT2D eigenvalue weighted by atomic mass is 16.5. The van der Waals surface area contributed by atoms with E-state index in [0.717, 1.165) is 18.4 Å². The maximum atomic E-state index is 12.4. The molecule has 0 bridgehead atoms. The molecule has 0 aromatic heterocycles. The van der Waals surface area contributed by atoms with Crippen molar-refractivity contribution in [2.45, 2.75) is 52.1 Å². The van der Waals surface area contributed by atoms with Crippen molar-refractivity contribution in [1.29, 1.82) is 0 Å². The third kappa shape index (κ3) is 5.69. The molecule has 0 aliphatic heterocycles. The van der Waals surface area contributed by atoms with E-state index in [9.17, 15) is 14.4 Å². The minimum atomic E-state index is -0.950. The average Bonchev–Trinajstić information content (AvgIpc) is 3.53. The molecule has 1 aliphatic rings. The van der Waals surface area contributed by atoms with E-state index in [2.05, 4.69) is 31.4 Å². The van der Waals surface area contributed by atoms with Crippen LogP contribution >= 0.6 is 0 Å². The van der Waals surface area contributed by atoms with Gasteiger partial charge >= 0.3 is 5.97 Å². The zero-order valence-electron chi connectivity index (χ0n) is 17.8. The summed E-state index contributed by atoms with van der Waals surface area (Å²) in [6, 6.07) is 14.0. The summed E-state index contributed by atoms with van der Waals surface area (Å²) >= 11 is 0. The van der Waals surface area contributed by atoms with Crippen LogP contribution < -0.4 is 10.6 Å². The van der Waals surface area contributed by atoms with Crippen LogP contribution in [0.5, 0.6) is 0 Å². The lowest BCUT2D eigenvalue weighted by Gasteiger charge is -2.19. The maximum absolute atomic E-state index is 12.4. The number of anilines is 2. The van der Waals surface area contributed by atoms with Crippen molar-refractivity contribution in [2.24, 2.45) is 5.92 Å².